The predicted octanol–water partition coefficient (Wildman–Crippen LogP) is 2.13. The topological polar surface area (TPSA) is 33.1 Å². The number of unbranched alkanes of at least 4 members (excludes halogenated alkanes) is 1. The SMILES string of the molecule is CN1CCCCC1CCNCCCCn1ccnc1. The largest absolute Gasteiger partial charge is 0.337 e. The van der Waals surface area contributed by atoms with Gasteiger partial charge < -0.3 is 14.8 Å². The van der Waals surface area contributed by atoms with Crippen LogP contribution in [0.5, 0.6) is 0 Å². The van der Waals surface area contributed by atoms with E-state index in [1.807, 2.05) is 18.7 Å². The minimum atomic E-state index is 0.812. The quantitative estimate of drug-likeness (QED) is 0.730. The van der Waals surface area contributed by atoms with Crippen LogP contribution in [0.1, 0.15) is 38.5 Å². The summed E-state index contributed by atoms with van der Waals surface area (Å²) in [4.78, 5) is 6.58. The van der Waals surface area contributed by atoms with Crippen LogP contribution < -0.4 is 5.32 Å². The van der Waals surface area contributed by atoms with Crippen molar-refractivity contribution >= 4 is 0 Å². The zero-order valence-corrected chi connectivity index (χ0v) is 12.2. The van der Waals surface area contributed by atoms with Gasteiger partial charge in [0, 0.05) is 25.0 Å². The molecule has 4 nitrogen and oxygen atoms in total. The molecule has 0 bridgehead atoms. The number of hydrogen-bond acceptors (Lipinski definition) is 3. The Hall–Kier alpha value is -0.870. The lowest BCUT2D eigenvalue weighted by Gasteiger charge is -2.32. The van der Waals surface area contributed by atoms with Crippen LogP contribution >= 0.6 is 0 Å². The van der Waals surface area contributed by atoms with Crippen LogP contribution in [0, 0.1) is 0 Å². The molecule has 0 amide bonds. The predicted molar refractivity (Wildman–Crippen MR) is 79.2 cm³/mol. The zero-order chi connectivity index (χ0) is 13.3. The first-order valence-electron chi connectivity index (χ1n) is 7.73. The van der Waals surface area contributed by atoms with Crippen molar-refractivity contribution in [3.05, 3.63) is 18.7 Å². The fourth-order valence-electron chi connectivity index (χ4n) is 2.87. The summed E-state index contributed by atoms with van der Waals surface area (Å²) in [6, 6.07) is 0.812. The summed E-state index contributed by atoms with van der Waals surface area (Å²) in [6.45, 7) is 4.69. The average molecular weight is 264 g/mol. The lowest BCUT2D eigenvalue weighted by molar-refractivity contribution is 0.175. The van der Waals surface area contributed by atoms with Crippen molar-refractivity contribution in [3.8, 4) is 0 Å². The highest BCUT2D eigenvalue weighted by Crippen LogP contribution is 2.16. The fraction of sp³-hybridized carbons (Fsp3) is 0.800. The number of hydrogen-bond donors (Lipinski definition) is 1. The summed E-state index contributed by atoms with van der Waals surface area (Å²) in [5.74, 6) is 0. The summed E-state index contributed by atoms with van der Waals surface area (Å²) in [6.07, 6.45) is 13.7. The average Bonchev–Trinajstić information content (AvgIpc) is 2.93. The Morgan fingerprint density at radius 1 is 1.26 bits per heavy atom. The van der Waals surface area contributed by atoms with E-state index in [9.17, 15) is 0 Å². The highest BCUT2D eigenvalue weighted by molar-refractivity contribution is 4.75. The van der Waals surface area contributed by atoms with Crippen LogP contribution in [0.15, 0.2) is 18.7 Å². The van der Waals surface area contributed by atoms with Crippen molar-refractivity contribution in [2.75, 3.05) is 26.7 Å². The van der Waals surface area contributed by atoms with E-state index in [1.54, 1.807) is 0 Å². The molecule has 0 spiro atoms. The van der Waals surface area contributed by atoms with Gasteiger partial charge in [0.05, 0.1) is 6.33 Å². The molecule has 1 fully saturated rings. The van der Waals surface area contributed by atoms with E-state index in [0.29, 0.717) is 0 Å². The van der Waals surface area contributed by atoms with Gasteiger partial charge in [0.2, 0.25) is 0 Å². The number of nitrogens with zero attached hydrogens (tertiary/aromatic N) is 3. The second-order valence-electron chi connectivity index (χ2n) is 5.68. The van der Waals surface area contributed by atoms with E-state index >= 15 is 0 Å². The van der Waals surface area contributed by atoms with E-state index < -0.39 is 0 Å². The minimum absolute atomic E-state index is 0.812. The first-order valence-corrected chi connectivity index (χ1v) is 7.73. The minimum Gasteiger partial charge on any atom is -0.337 e. The molecule has 0 saturated carbocycles. The van der Waals surface area contributed by atoms with Crippen LogP contribution in [-0.2, 0) is 6.54 Å². The molecule has 0 radical (unpaired) electrons. The van der Waals surface area contributed by atoms with E-state index in [0.717, 1.165) is 19.1 Å². The molecule has 1 aliphatic heterocycles. The smallest absolute Gasteiger partial charge is 0.0945 e. The van der Waals surface area contributed by atoms with Crippen LogP contribution in [-0.4, -0.2) is 47.2 Å². The summed E-state index contributed by atoms with van der Waals surface area (Å²) >= 11 is 0. The standard InChI is InChI=1S/C15H28N4/c1-18-11-4-2-6-15(18)7-9-16-8-3-5-12-19-13-10-17-14-19/h10,13-16H,2-9,11-12H2,1H3. The Morgan fingerprint density at radius 3 is 3.00 bits per heavy atom. The van der Waals surface area contributed by atoms with Gasteiger partial charge in [-0.2, -0.15) is 0 Å². The molecule has 0 aromatic carbocycles. The third-order valence-electron chi connectivity index (χ3n) is 4.15. The maximum absolute atomic E-state index is 4.05. The molecule has 19 heavy (non-hydrogen) atoms. The van der Waals surface area contributed by atoms with Crippen LogP contribution in [0.2, 0.25) is 0 Å². The number of likely N-dealkylation sites (tertiary alicyclic amines) is 1. The zero-order valence-electron chi connectivity index (χ0n) is 12.2. The molecule has 1 saturated heterocycles. The maximum Gasteiger partial charge on any atom is 0.0945 e. The molecule has 2 heterocycles. The molecule has 4 heteroatoms. The summed E-state index contributed by atoms with van der Waals surface area (Å²) in [5, 5.41) is 3.58. The van der Waals surface area contributed by atoms with E-state index in [-0.39, 0.29) is 0 Å². The number of imidazole rings is 1. The van der Waals surface area contributed by atoms with Gasteiger partial charge in [-0.25, -0.2) is 4.98 Å². The van der Waals surface area contributed by atoms with E-state index in [2.05, 4.69) is 26.8 Å². The molecule has 1 atom stereocenters. The molecular weight excluding hydrogens is 236 g/mol. The van der Waals surface area contributed by atoms with Crippen molar-refractivity contribution < 1.29 is 0 Å². The van der Waals surface area contributed by atoms with E-state index in [4.69, 9.17) is 0 Å². The lowest BCUT2D eigenvalue weighted by atomic mass is 10.0. The number of aryl methyl sites for hydroxylation is 1. The van der Waals surface area contributed by atoms with Gasteiger partial charge in [0.1, 0.15) is 0 Å². The fourth-order valence-corrected chi connectivity index (χ4v) is 2.87. The van der Waals surface area contributed by atoms with Crippen LogP contribution in [0.25, 0.3) is 0 Å². The Kier molecular flexibility index (Phi) is 6.37. The van der Waals surface area contributed by atoms with Crippen molar-refractivity contribution in [1.82, 2.24) is 19.8 Å². The van der Waals surface area contributed by atoms with Crippen molar-refractivity contribution in [3.63, 3.8) is 0 Å². The third-order valence-corrected chi connectivity index (χ3v) is 4.15. The number of rotatable bonds is 8. The molecule has 1 unspecified atom stereocenters. The van der Waals surface area contributed by atoms with Crippen molar-refractivity contribution in [1.29, 1.82) is 0 Å². The van der Waals surface area contributed by atoms with Crippen molar-refractivity contribution in [2.24, 2.45) is 0 Å². The Morgan fingerprint density at radius 2 is 2.21 bits per heavy atom. The van der Waals surface area contributed by atoms with E-state index in [1.165, 1.54) is 51.6 Å². The van der Waals surface area contributed by atoms with Gasteiger partial charge in [0.25, 0.3) is 0 Å². The van der Waals surface area contributed by atoms with Crippen LogP contribution in [0.4, 0.5) is 0 Å². The Bertz CT molecular complexity index is 323. The molecule has 1 N–H and O–H groups in total. The van der Waals surface area contributed by atoms with Gasteiger partial charge in [-0.3, -0.25) is 0 Å². The number of piperidine rings is 1. The first-order chi connectivity index (χ1) is 9.36. The summed E-state index contributed by atoms with van der Waals surface area (Å²) < 4.78 is 2.15. The van der Waals surface area contributed by atoms with Gasteiger partial charge in [-0.1, -0.05) is 6.42 Å². The summed E-state index contributed by atoms with van der Waals surface area (Å²) in [7, 11) is 2.27. The maximum atomic E-state index is 4.05. The van der Waals surface area contributed by atoms with Gasteiger partial charge in [-0.15, -0.1) is 0 Å². The first kappa shape index (κ1) is 14.5. The second kappa shape index (κ2) is 8.33. The molecule has 1 aromatic rings. The van der Waals surface area contributed by atoms with Gasteiger partial charge >= 0.3 is 0 Å². The molecular formula is C15H28N4. The van der Waals surface area contributed by atoms with Gasteiger partial charge in [0.15, 0.2) is 0 Å². The van der Waals surface area contributed by atoms with Crippen molar-refractivity contribution in [2.45, 2.75) is 51.1 Å². The number of aromatic nitrogens is 2. The van der Waals surface area contributed by atoms with Gasteiger partial charge in [-0.05, 0) is 58.8 Å². The molecule has 1 aliphatic rings. The monoisotopic (exact) mass is 264 g/mol. The highest BCUT2D eigenvalue weighted by atomic mass is 15.1. The Labute approximate surface area is 117 Å². The Balaban J connectivity index is 1.43. The molecule has 2 rings (SSSR count). The third kappa shape index (κ3) is 5.33. The highest BCUT2D eigenvalue weighted by Gasteiger charge is 2.17. The normalized spacial score (nSPS) is 20.8. The molecule has 108 valence electrons. The lowest BCUT2D eigenvalue weighted by Crippen LogP contribution is -2.38. The summed E-state index contributed by atoms with van der Waals surface area (Å²) in [5.41, 5.74) is 0. The number of nitrogens with one attached hydrogen (secondary N) is 1. The second-order valence-corrected chi connectivity index (χ2v) is 5.68. The molecule has 0 aliphatic carbocycles. The molecule has 1 aromatic heterocycles. The van der Waals surface area contributed by atoms with Crippen LogP contribution in [0.3, 0.4) is 0 Å².